The minimum Gasteiger partial charge on any atom is -0.245 e. The first-order valence-corrected chi connectivity index (χ1v) is 15.2. The molecule has 6 heteroatoms. The third kappa shape index (κ3) is 6.17. The molecule has 0 aliphatic carbocycles. The van der Waals surface area contributed by atoms with Crippen LogP contribution in [-0.4, -0.2) is 15.0 Å². The second-order valence-electron chi connectivity index (χ2n) is 11.2. The van der Waals surface area contributed by atoms with Gasteiger partial charge in [-0.1, -0.05) is 54.6 Å². The van der Waals surface area contributed by atoms with E-state index in [4.69, 9.17) is 0 Å². The maximum Gasteiger partial charge on any atom is 0.140 e. The number of nitrogens with zero attached hydrogens (tertiary/aromatic N) is 6. The van der Waals surface area contributed by atoms with Crippen molar-refractivity contribution < 1.29 is 0 Å². The monoisotopic (exact) mass is 612 g/mol. The molecule has 0 saturated carbocycles. The number of hydrogen-bond acceptors (Lipinski definition) is 6. The van der Waals surface area contributed by atoms with E-state index in [0.717, 1.165) is 66.8 Å². The molecule has 6 nitrogen and oxygen atoms in total. The van der Waals surface area contributed by atoms with Crippen molar-refractivity contribution in [1.82, 2.24) is 15.0 Å². The summed E-state index contributed by atoms with van der Waals surface area (Å²) in [5.41, 5.74) is 13.2. The molecule has 0 spiro atoms. The van der Waals surface area contributed by atoms with E-state index in [2.05, 4.69) is 87.8 Å². The van der Waals surface area contributed by atoms with Crippen molar-refractivity contribution >= 4 is 0 Å². The van der Waals surface area contributed by atoms with Crippen molar-refractivity contribution in [3.05, 3.63) is 163 Å². The van der Waals surface area contributed by atoms with Gasteiger partial charge in [-0.05, 0) is 123 Å². The van der Waals surface area contributed by atoms with Gasteiger partial charge in [0.1, 0.15) is 35.3 Å². The Morgan fingerprint density at radius 2 is 0.542 bits per heavy atom. The lowest BCUT2D eigenvalue weighted by atomic mass is 9.90. The number of hydrogen-bond donors (Lipinski definition) is 0. The maximum atomic E-state index is 9.20. The van der Waals surface area contributed by atoms with Crippen molar-refractivity contribution in [2.45, 2.75) is 0 Å². The Balaban J connectivity index is 1.35. The predicted molar refractivity (Wildman–Crippen MR) is 187 cm³/mol. The molecular weight excluding hydrogens is 589 g/mol. The highest BCUT2D eigenvalue weighted by Gasteiger charge is 2.11. The van der Waals surface area contributed by atoms with Gasteiger partial charge < -0.3 is 0 Å². The van der Waals surface area contributed by atoms with Crippen LogP contribution >= 0.6 is 0 Å². The Labute approximate surface area is 278 Å². The van der Waals surface area contributed by atoms with Gasteiger partial charge in [0.25, 0.3) is 0 Å². The third-order valence-electron chi connectivity index (χ3n) is 8.15. The van der Waals surface area contributed by atoms with Crippen molar-refractivity contribution in [1.29, 1.82) is 15.8 Å². The zero-order chi connectivity index (χ0) is 32.9. The molecule has 0 aliphatic heterocycles. The molecule has 7 aromatic rings. The molecule has 222 valence electrons. The van der Waals surface area contributed by atoms with E-state index < -0.39 is 0 Å². The van der Waals surface area contributed by atoms with Crippen LogP contribution in [0.5, 0.6) is 0 Å². The van der Waals surface area contributed by atoms with Crippen LogP contribution in [0.2, 0.25) is 0 Å². The van der Waals surface area contributed by atoms with Gasteiger partial charge in [-0.3, -0.25) is 0 Å². The largest absolute Gasteiger partial charge is 0.245 e. The van der Waals surface area contributed by atoms with Gasteiger partial charge in [0, 0.05) is 35.3 Å². The lowest BCUT2D eigenvalue weighted by Crippen LogP contribution is -1.89. The molecule has 0 saturated heterocycles. The first kappa shape index (κ1) is 29.5. The van der Waals surface area contributed by atoms with E-state index in [1.807, 2.05) is 54.6 Å². The van der Waals surface area contributed by atoms with Crippen molar-refractivity contribution in [2.24, 2.45) is 0 Å². The van der Waals surface area contributed by atoms with Gasteiger partial charge >= 0.3 is 0 Å². The number of pyridine rings is 3. The normalized spacial score (nSPS) is 10.4. The maximum absolute atomic E-state index is 9.20. The zero-order valence-corrected chi connectivity index (χ0v) is 25.5. The molecule has 48 heavy (non-hydrogen) atoms. The van der Waals surface area contributed by atoms with Crippen LogP contribution in [0, 0.1) is 34.0 Å². The van der Waals surface area contributed by atoms with E-state index in [1.165, 1.54) is 0 Å². The fourth-order valence-corrected chi connectivity index (χ4v) is 5.65. The first-order chi connectivity index (χ1) is 23.6. The quantitative estimate of drug-likeness (QED) is 0.185. The minimum absolute atomic E-state index is 0.380. The fraction of sp³-hybridized carbons (Fsp3) is 0. The molecule has 0 atom stereocenters. The highest BCUT2D eigenvalue weighted by atomic mass is 14.7. The Kier molecular flexibility index (Phi) is 8.01. The molecule has 3 aromatic heterocycles. The number of benzene rings is 4. The van der Waals surface area contributed by atoms with Crippen molar-refractivity contribution in [2.75, 3.05) is 0 Å². The molecule has 0 bridgehead atoms. The number of aromatic nitrogens is 3. The molecule has 0 aliphatic rings. The molecule has 4 aromatic carbocycles. The van der Waals surface area contributed by atoms with Crippen LogP contribution in [-0.2, 0) is 0 Å². The Hall–Kier alpha value is -7.20. The van der Waals surface area contributed by atoms with E-state index in [0.29, 0.717) is 17.1 Å². The molecular formula is C42H24N6. The van der Waals surface area contributed by atoms with Crippen molar-refractivity contribution in [3.8, 4) is 85.0 Å². The predicted octanol–water partition coefficient (Wildman–Crippen LogP) is 9.49. The SMILES string of the molecule is N#Cc1ccc(-c2cccc(-c3cc(-c4cccc(-c5ccc(C#N)nc5)c4)cc(-c4cccc(-c5ccc(C#N)nc5)c4)c3)c2)cn1. The van der Waals surface area contributed by atoms with Crippen LogP contribution < -0.4 is 0 Å². The lowest BCUT2D eigenvalue weighted by molar-refractivity contribution is 1.26. The van der Waals surface area contributed by atoms with Crippen molar-refractivity contribution in [3.63, 3.8) is 0 Å². The standard InChI is InChI=1S/C42H24N6/c43-22-40-13-10-34(25-46-40)28-4-1-7-31(16-28)37-19-38(32-8-2-5-29(17-32)35-11-14-41(23-44)47-26-35)21-39(20-37)33-9-3-6-30(18-33)36-12-15-42(24-45)48-27-36/h1-21,25-27H. The molecule has 0 fully saturated rings. The summed E-state index contributed by atoms with van der Waals surface area (Å²) in [4.78, 5) is 12.8. The summed E-state index contributed by atoms with van der Waals surface area (Å²) >= 11 is 0. The summed E-state index contributed by atoms with van der Waals surface area (Å²) in [7, 11) is 0. The highest BCUT2D eigenvalue weighted by molar-refractivity contribution is 5.85. The summed E-state index contributed by atoms with van der Waals surface area (Å²) in [6.07, 6.45) is 5.19. The topological polar surface area (TPSA) is 110 Å². The van der Waals surface area contributed by atoms with Gasteiger partial charge in [0.05, 0.1) is 0 Å². The summed E-state index contributed by atoms with van der Waals surface area (Å²) in [6.45, 7) is 0. The molecule has 7 rings (SSSR count). The smallest absolute Gasteiger partial charge is 0.140 e. The van der Waals surface area contributed by atoms with Crippen LogP contribution in [0.4, 0.5) is 0 Å². The Bertz CT molecular complexity index is 2120. The van der Waals surface area contributed by atoms with E-state index in [-0.39, 0.29) is 0 Å². The van der Waals surface area contributed by atoms with Gasteiger partial charge in [-0.2, -0.15) is 15.8 Å². The lowest BCUT2D eigenvalue weighted by Gasteiger charge is -2.14. The fourth-order valence-electron chi connectivity index (χ4n) is 5.65. The molecule has 0 amide bonds. The second-order valence-corrected chi connectivity index (χ2v) is 11.2. The average Bonchev–Trinajstić information content (AvgIpc) is 3.18. The third-order valence-corrected chi connectivity index (χ3v) is 8.15. The molecule has 3 heterocycles. The second kappa shape index (κ2) is 13.0. The Morgan fingerprint density at radius 3 is 0.771 bits per heavy atom. The average molecular weight is 613 g/mol. The van der Waals surface area contributed by atoms with Gasteiger partial charge in [0.2, 0.25) is 0 Å². The van der Waals surface area contributed by atoms with Gasteiger partial charge in [0.15, 0.2) is 0 Å². The van der Waals surface area contributed by atoms with E-state index in [1.54, 1.807) is 36.8 Å². The van der Waals surface area contributed by atoms with Gasteiger partial charge in [-0.25, -0.2) is 15.0 Å². The molecule has 0 N–H and O–H groups in total. The van der Waals surface area contributed by atoms with E-state index in [9.17, 15) is 15.8 Å². The van der Waals surface area contributed by atoms with Crippen LogP contribution in [0.3, 0.4) is 0 Å². The summed E-state index contributed by atoms with van der Waals surface area (Å²) in [6, 6.07) is 48.7. The molecule has 0 unspecified atom stereocenters. The van der Waals surface area contributed by atoms with E-state index >= 15 is 0 Å². The zero-order valence-electron chi connectivity index (χ0n) is 25.5. The summed E-state index contributed by atoms with van der Waals surface area (Å²) in [5.74, 6) is 0. The first-order valence-electron chi connectivity index (χ1n) is 15.2. The van der Waals surface area contributed by atoms with Crippen LogP contribution in [0.1, 0.15) is 17.1 Å². The Morgan fingerprint density at radius 1 is 0.292 bits per heavy atom. The minimum atomic E-state index is 0.380. The number of nitriles is 3. The summed E-state index contributed by atoms with van der Waals surface area (Å²) in [5, 5.41) is 27.6. The van der Waals surface area contributed by atoms with Gasteiger partial charge in [-0.15, -0.1) is 0 Å². The summed E-state index contributed by atoms with van der Waals surface area (Å²) < 4.78 is 0. The number of rotatable bonds is 6. The molecule has 0 radical (unpaired) electrons. The van der Waals surface area contributed by atoms with Crippen LogP contribution in [0.15, 0.2) is 146 Å². The highest BCUT2D eigenvalue weighted by Crippen LogP contribution is 2.36. The van der Waals surface area contributed by atoms with Crippen LogP contribution in [0.25, 0.3) is 66.8 Å².